The smallest absolute Gasteiger partial charge is 0.238 e. The average Bonchev–Trinajstić information content (AvgIpc) is 2.75. The van der Waals surface area contributed by atoms with Gasteiger partial charge in [0.2, 0.25) is 5.95 Å². The number of para-hydroxylation sites is 4. The second kappa shape index (κ2) is 6.79. The predicted octanol–water partition coefficient (Wildman–Crippen LogP) is 4.11. The molecule has 5 aromatic rings. The average molecular weight is 387 g/mol. The fourth-order valence-corrected chi connectivity index (χ4v) is 2.92. The zero-order chi connectivity index (χ0) is 19.8. The molecule has 5 rings (SSSR count). The Hall–Kier alpha value is -4.14. The Balaban J connectivity index is 1.80. The third-order valence-corrected chi connectivity index (χ3v) is 4.20. The van der Waals surface area contributed by atoms with Crippen molar-refractivity contribution in [2.45, 2.75) is 0 Å². The van der Waals surface area contributed by atoms with E-state index in [9.17, 15) is 8.78 Å². The summed E-state index contributed by atoms with van der Waals surface area (Å²) in [6, 6.07) is 15.2. The Morgan fingerprint density at radius 3 is 1.41 bits per heavy atom. The maximum atomic E-state index is 14.9. The number of nitrogens with zero attached hydrogens (tertiary/aromatic N) is 7. The number of halogens is 2. The topological polar surface area (TPSA) is 80.6 Å². The van der Waals surface area contributed by atoms with Gasteiger partial charge in [0.25, 0.3) is 11.9 Å². The van der Waals surface area contributed by atoms with Crippen LogP contribution in [0.4, 0.5) is 26.4 Å². The van der Waals surface area contributed by atoms with E-state index < -0.39 is 11.9 Å². The van der Waals surface area contributed by atoms with Gasteiger partial charge in [-0.1, -0.05) is 24.3 Å². The van der Waals surface area contributed by atoms with Crippen molar-refractivity contribution in [2.24, 2.45) is 0 Å². The zero-order valence-corrected chi connectivity index (χ0v) is 14.7. The number of rotatable bonds is 3. The number of benzene rings is 2. The molecule has 0 fully saturated rings. The predicted molar refractivity (Wildman–Crippen MR) is 103 cm³/mol. The van der Waals surface area contributed by atoms with Crippen LogP contribution < -0.4 is 4.90 Å². The van der Waals surface area contributed by atoms with Crippen LogP contribution in [0.15, 0.2) is 67.0 Å². The van der Waals surface area contributed by atoms with E-state index >= 15 is 0 Å². The van der Waals surface area contributed by atoms with Crippen molar-refractivity contribution in [1.82, 2.24) is 29.9 Å². The molecule has 0 saturated carbocycles. The summed E-state index contributed by atoms with van der Waals surface area (Å²) < 4.78 is 29.9. The maximum absolute atomic E-state index is 14.9. The van der Waals surface area contributed by atoms with E-state index in [2.05, 4.69) is 29.9 Å². The monoisotopic (exact) mass is 387 g/mol. The van der Waals surface area contributed by atoms with Crippen molar-refractivity contribution in [2.75, 3.05) is 4.90 Å². The molecule has 0 N–H and O–H groups in total. The van der Waals surface area contributed by atoms with Gasteiger partial charge in [0.15, 0.2) is 11.6 Å². The van der Waals surface area contributed by atoms with Gasteiger partial charge in [-0.15, -0.1) is 0 Å². The summed E-state index contributed by atoms with van der Waals surface area (Å²) in [5.74, 6) is -2.40. The Morgan fingerprint density at radius 2 is 0.966 bits per heavy atom. The number of hydrogen-bond donors (Lipinski definition) is 0. The lowest BCUT2D eigenvalue weighted by atomic mass is 10.3. The highest BCUT2D eigenvalue weighted by atomic mass is 19.1. The summed E-state index contributed by atoms with van der Waals surface area (Å²) in [6.07, 6.45) is 2.90. The summed E-state index contributed by atoms with van der Waals surface area (Å²) in [5.41, 5.74) is 1.60. The minimum absolute atomic E-state index is 0.0144. The molecule has 9 heteroatoms. The number of fused-ring (bicyclic) bond motifs is 2. The summed E-state index contributed by atoms with van der Waals surface area (Å²) in [5, 5.41) is 0. The molecule has 0 aliphatic rings. The standard InChI is InChI=1S/C20H11F2N7/c21-16-18(27-14-8-3-1-6-12(14)25-16)29(20-23-10-5-11-24-20)19-17(22)26-13-7-2-4-9-15(13)28-19/h1-11H. The van der Waals surface area contributed by atoms with E-state index in [-0.39, 0.29) is 17.6 Å². The van der Waals surface area contributed by atoms with Crippen molar-refractivity contribution in [1.29, 1.82) is 0 Å². The first-order valence-electron chi connectivity index (χ1n) is 8.62. The van der Waals surface area contributed by atoms with Crippen LogP contribution in [-0.4, -0.2) is 29.9 Å². The van der Waals surface area contributed by atoms with Crippen LogP contribution in [0.5, 0.6) is 0 Å². The van der Waals surface area contributed by atoms with Gasteiger partial charge in [-0.05, 0) is 30.3 Å². The molecule has 3 heterocycles. The molecular weight excluding hydrogens is 376 g/mol. The highest BCUT2D eigenvalue weighted by molar-refractivity contribution is 5.81. The third-order valence-electron chi connectivity index (χ3n) is 4.20. The summed E-state index contributed by atoms with van der Waals surface area (Å²) in [7, 11) is 0. The van der Waals surface area contributed by atoms with Crippen LogP contribution in [0.25, 0.3) is 22.1 Å². The lowest BCUT2D eigenvalue weighted by Gasteiger charge is -2.21. The lowest BCUT2D eigenvalue weighted by Crippen LogP contribution is -2.20. The molecule has 0 spiro atoms. The van der Waals surface area contributed by atoms with Crippen LogP contribution in [-0.2, 0) is 0 Å². The van der Waals surface area contributed by atoms with Gasteiger partial charge in [-0.25, -0.2) is 34.8 Å². The summed E-state index contributed by atoms with van der Waals surface area (Å²) in [6.45, 7) is 0. The fourth-order valence-electron chi connectivity index (χ4n) is 2.92. The largest absolute Gasteiger partial charge is 0.257 e. The van der Waals surface area contributed by atoms with Crippen LogP contribution in [0.3, 0.4) is 0 Å². The molecule has 3 aromatic heterocycles. The van der Waals surface area contributed by atoms with Gasteiger partial charge in [0.1, 0.15) is 0 Å². The quantitative estimate of drug-likeness (QED) is 0.461. The first kappa shape index (κ1) is 17.0. The second-order valence-corrected chi connectivity index (χ2v) is 6.04. The van der Waals surface area contributed by atoms with Crippen molar-refractivity contribution in [3.63, 3.8) is 0 Å². The Bertz CT molecular complexity index is 1260. The van der Waals surface area contributed by atoms with Gasteiger partial charge in [-0.3, -0.25) is 0 Å². The molecule has 0 radical (unpaired) electrons. The van der Waals surface area contributed by atoms with Crippen LogP contribution in [0, 0.1) is 11.9 Å². The van der Waals surface area contributed by atoms with Crippen LogP contribution in [0.2, 0.25) is 0 Å². The number of anilines is 3. The molecule has 0 unspecified atom stereocenters. The highest BCUT2D eigenvalue weighted by Crippen LogP contribution is 2.33. The van der Waals surface area contributed by atoms with Crippen molar-refractivity contribution in [3.05, 3.63) is 78.9 Å². The lowest BCUT2D eigenvalue weighted by molar-refractivity contribution is 0.572. The molecule has 0 bridgehead atoms. The summed E-state index contributed by atoms with van der Waals surface area (Å²) in [4.78, 5) is 25.8. The molecule has 2 aromatic carbocycles. The molecule has 140 valence electrons. The molecule has 29 heavy (non-hydrogen) atoms. The van der Waals surface area contributed by atoms with Gasteiger partial charge < -0.3 is 0 Å². The Kier molecular flexibility index (Phi) is 3.98. The minimum Gasteiger partial charge on any atom is -0.238 e. The van der Waals surface area contributed by atoms with E-state index in [0.29, 0.717) is 22.1 Å². The first-order chi connectivity index (χ1) is 14.2. The van der Waals surface area contributed by atoms with Crippen molar-refractivity contribution in [3.8, 4) is 0 Å². The third kappa shape index (κ3) is 2.98. The molecule has 0 aliphatic carbocycles. The Labute approximate surface area is 162 Å². The Morgan fingerprint density at radius 1 is 0.552 bits per heavy atom. The van der Waals surface area contributed by atoms with E-state index in [1.807, 2.05) is 0 Å². The van der Waals surface area contributed by atoms with Gasteiger partial charge in [0.05, 0.1) is 22.1 Å². The summed E-state index contributed by atoms with van der Waals surface area (Å²) >= 11 is 0. The normalized spacial score (nSPS) is 11.1. The van der Waals surface area contributed by atoms with Crippen molar-refractivity contribution >= 4 is 39.7 Å². The molecule has 0 saturated heterocycles. The number of hydrogen-bond acceptors (Lipinski definition) is 7. The van der Waals surface area contributed by atoms with Gasteiger partial charge in [0, 0.05) is 12.4 Å². The van der Waals surface area contributed by atoms with E-state index in [4.69, 9.17) is 0 Å². The number of aromatic nitrogens is 6. The van der Waals surface area contributed by atoms with E-state index in [1.165, 1.54) is 12.4 Å². The van der Waals surface area contributed by atoms with Crippen LogP contribution in [0.1, 0.15) is 0 Å². The first-order valence-corrected chi connectivity index (χ1v) is 8.62. The zero-order valence-electron chi connectivity index (χ0n) is 14.7. The van der Waals surface area contributed by atoms with Gasteiger partial charge >= 0.3 is 0 Å². The second-order valence-electron chi connectivity index (χ2n) is 6.04. The highest BCUT2D eigenvalue weighted by Gasteiger charge is 2.27. The molecule has 0 aliphatic heterocycles. The maximum Gasteiger partial charge on any atom is 0.257 e. The van der Waals surface area contributed by atoms with E-state index in [1.54, 1.807) is 54.6 Å². The van der Waals surface area contributed by atoms with Crippen molar-refractivity contribution < 1.29 is 8.78 Å². The molecule has 0 amide bonds. The van der Waals surface area contributed by atoms with E-state index in [0.717, 1.165) is 4.90 Å². The SMILES string of the molecule is Fc1nc2ccccc2nc1N(c1ncccn1)c1nc2ccccc2nc1F. The minimum atomic E-state index is -0.912. The molecule has 0 atom stereocenters. The van der Waals surface area contributed by atoms with Crippen LogP contribution >= 0.6 is 0 Å². The molecular formula is C20H11F2N7. The molecule has 7 nitrogen and oxygen atoms in total. The fraction of sp³-hybridized carbons (Fsp3) is 0. The van der Waals surface area contributed by atoms with Gasteiger partial charge in [-0.2, -0.15) is 8.78 Å².